The number of methoxy groups -OCH3 is 3. The molecule has 2 N–H and O–H groups in total. The van der Waals surface area contributed by atoms with Gasteiger partial charge in [-0.1, -0.05) is 0 Å². The van der Waals surface area contributed by atoms with Crippen LogP contribution in [0, 0.1) is 0 Å². The number of aromatic nitrogens is 1. The molecule has 0 saturated heterocycles. The van der Waals surface area contributed by atoms with Gasteiger partial charge in [0.15, 0.2) is 0 Å². The van der Waals surface area contributed by atoms with Gasteiger partial charge in [-0.15, -0.1) is 0 Å². The van der Waals surface area contributed by atoms with Crippen molar-refractivity contribution in [3.63, 3.8) is 0 Å². The quantitative estimate of drug-likeness (QED) is 0.721. The molecule has 2 aromatic carbocycles. The smallest absolute Gasteiger partial charge is 0.228 e. The number of anilines is 1. The van der Waals surface area contributed by atoms with Crippen LogP contribution in [0.2, 0.25) is 0 Å². The molecular weight excluding hydrogens is 320 g/mol. The Morgan fingerprint density at radius 2 is 1.72 bits per heavy atom. The lowest BCUT2D eigenvalue weighted by Gasteiger charge is -2.11. The van der Waals surface area contributed by atoms with E-state index in [1.165, 1.54) is 0 Å². The summed E-state index contributed by atoms with van der Waals surface area (Å²) in [7, 11) is 4.76. The Balaban J connectivity index is 1.81. The lowest BCUT2D eigenvalue weighted by molar-refractivity contribution is -0.115. The van der Waals surface area contributed by atoms with E-state index in [4.69, 9.17) is 14.2 Å². The number of hydrogen-bond acceptors (Lipinski definition) is 4. The van der Waals surface area contributed by atoms with Gasteiger partial charge >= 0.3 is 0 Å². The Bertz CT molecular complexity index is 902. The molecule has 3 rings (SSSR count). The molecule has 0 spiro atoms. The van der Waals surface area contributed by atoms with Gasteiger partial charge in [0.2, 0.25) is 5.91 Å². The van der Waals surface area contributed by atoms with Crippen LogP contribution in [-0.4, -0.2) is 32.2 Å². The summed E-state index contributed by atoms with van der Waals surface area (Å²) in [6.45, 7) is 0. The topological polar surface area (TPSA) is 72.6 Å². The number of H-pyrrole nitrogens is 1. The Morgan fingerprint density at radius 1 is 1.00 bits per heavy atom. The highest BCUT2D eigenvalue weighted by Crippen LogP contribution is 2.29. The van der Waals surface area contributed by atoms with Crippen LogP contribution in [0.1, 0.15) is 5.56 Å². The lowest BCUT2D eigenvalue weighted by atomic mass is 10.1. The van der Waals surface area contributed by atoms with Gasteiger partial charge in [0.05, 0.1) is 33.4 Å². The molecule has 0 unspecified atom stereocenters. The van der Waals surface area contributed by atoms with Gasteiger partial charge in [0, 0.05) is 23.2 Å². The summed E-state index contributed by atoms with van der Waals surface area (Å²) >= 11 is 0. The molecule has 6 nitrogen and oxygen atoms in total. The van der Waals surface area contributed by atoms with Crippen molar-refractivity contribution in [1.82, 2.24) is 4.98 Å². The molecule has 6 heteroatoms. The van der Waals surface area contributed by atoms with Crippen molar-refractivity contribution >= 4 is 22.5 Å². The van der Waals surface area contributed by atoms with Crippen LogP contribution in [-0.2, 0) is 11.2 Å². The highest BCUT2D eigenvalue weighted by atomic mass is 16.5. The number of benzene rings is 2. The van der Waals surface area contributed by atoms with Crippen LogP contribution in [0.3, 0.4) is 0 Å². The first kappa shape index (κ1) is 16.7. The van der Waals surface area contributed by atoms with Gasteiger partial charge in [-0.3, -0.25) is 4.79 Å². The SMILES string of the molecule is COc1ccc(OC)c(NC(=O)Cc2c[nH]c3ccc(OC)cc23)c1. The van der Waals surface area contributed by atoms with Gasteiger partial charge in [-0.05, 0) is 35.9 Å². The Hall–Kier alpha value is -3.15. The van der Waals surface area contributed by atoms with E-state index in [-0.39, 0.29) is 12.3 Å². The number of aromatic amines is 1. The normalized spacial score (nSPS) is 10.5. The van der Waals surface area contributed by atoms with E-state index in [1.807, 2.05) is 24.4 Å². The van der Waals surface area contributed by atoms with Crippen LogP contribution in [0.25, 0.3) is 10.9 Å². The Kier molecular flexibility index (Phi) is 4.79. The molecule has 3 aromatic rings. The van der Waals surface area contributed by atoms with E-state index in [2.05, 4.69) is 10.3 Å². The summed E-state index contributed by atoms with van der Waals surface area (Å²) in [6.07, 6.45) is 2.07. The summed E-state index contributed by atoms with van der Waals surface area (Å²) < 4.78 is 15.7. The van der Waals surface area contributed by atoms with E-state index < -0.39 is 0 Å². The number of nitrogens with one attached hydrogen (secondary N) is 2. The molecular formula is C19H20N2O4. The van der Waals surface area contributed by atoms with Gasteiger partial charge in [-0.2, -0.15) is 0 Å². The highest BCUT2D eigenvalue weighted by molar-refractivity contribution is 5.97. The molecule has 130 valence electrons. The van der Waals surface area contributed by atoms with E-state index >= 15 is 0 Å². The number of ether oxygens (including phenoxy) is 3. The third kappa shape index (κ3) is 3.52. The monoisotopic (exact) mass is 340 g/mol. The van der Waals surface area contributed by atoms with Crippen LogP contribution in [0.15, 0.2) is 42.6 Å². The number of fused-ring (bicyclic) bond motifs is 1. The zero-order valence-electron chi connectivity index (χ0n) is 14.4. The van der Waals surface area contributed by atoms with Crippen molar-refractivity contribution in [1.29, 1.82) is 0 Å². The second kappa shape index (κ2) is 7.17. The maximum absolute atomic E-state index is 12.5. The molecule has 0 saturated carbocycles. The standard InChI is InChI=1S/C19H20N2O4/c1-23-13-4-6-16-15(9-13)12(11-20-16)8-19(22)21-17-10-14(24-2)5-7-18(17)25-3/h4-7,9-11,20H,8H2,1-3H3,(H,21,22). The minimum Gasteiger partial charge on any atom is -0.497 e. The molecule has 0 bridgehead atoms. The Labute approximate surface area is 145 Å². The average molecular weight is 340 g/mol. The fourth-order valence-corrected chi connectivity index (χ4v) is 2.71. The van der Waals surface area contributed by atoms with Gasteiger partial charge in [-0.25, -0.2) is 0 Å². The van der Waals surface area contributed by atoms with Gasteiger partial charge in [0.1, 0.15) is 17.2 Å². The fraction of sp³-hybridized carbons (Fsp3) is 0.211. The summed E-state index contributed by atoms with van der Waals surface area (Å²) in [6, 6.07) is 11.0. The molecule has 0 fully saturated rings. The maximum Gasteiger partial charge on any atom is 0.228 e. The predicted octanol–water partition coefficient (Wildman–Crippen LogP) is 3.37. The van der Waals surface area contributed by atoms with Crippen molar-refractivity contribution in [3.05, 3.63) is 48.2 Å². The minimum absolute atomic E-state index is 0.143. The molecule has 1 aromatic heterocycles. The van der Waals surface area contributed by atoms with Crippen LogP contribution < -0.4 is 19.5 Å². The fourth-order valence-electron chi connectivity index (χ4n) is 2.71. The average Bonchev–Trinajstić information content (AvgIpc) is 3.03. The first-order valence-corrected chi connectivity index (χ1v) is 7.80. The minimum atomic E-state index is -0.143. The molecule has 0 atom stereocenters. The number of carbonyl (C=O) groups excluding carboxylic acids is 1. The number of rotatable bonds is 6. The largest absolute Gasteiger partial charge is 0.497 e. The van der Waals surface area contributed by atoms with Crippen LogP contribution in [0.4, 0.5) is 5.69 Å². The first-order chi connectivity index (χ1) is 12.1. The zero-order chi connectivity index (χ0) is 17.8. The van der Waals surface area contributed by atoms with Crippen molar-refractivity contribution in [2.24, 2.45) is 0 Å². The molecule has 1 heterocycles. The molecule has 0 aliphatic heterocycles. The van der Waals surface area contributed by atoms with Crippen LogP contribution >= 0.6 is 0 Å². The predicted molar refractivity (Wildman–Crippen MR) is 96.7 cm³/mol. The van der Waals surface area contributed by atoms with Crippen LogP contribution in [0.5, 0.6) is 17.2 Å². The van der Waals surface area contributed by atoms with E-state index in [0.717, 1.165) is 22.2 Å². The Morgan fingerprint density at radius 3 is 2.44 bits per heavy atom. The summed E-state index contributed by atoms with van der Waals surface area (Å²) in [5.74, 6) is 1.83. The number of amides is 1. The number of hydrogen-bond donors (Lipinski definition) is 2. The molecule has 0 aliphatic carbocycles. The molecule has 25 heavy (non-hydrogen) atoms. The maximum atomic E-state index is 12.5. The van der Waals surface area contributed by atoms with E-state index in [1.54, 1.807) is 39.5 Å². The second-order valence-electron chi connectivity index (χ2n) is 5.52. The third-order valence-corrected chi connectivity index (χ3v) is 4.01. The van der Waals surface area contributed by atoms with Crippen molar-refractivity contribution < 1.29 is 19.0 Å². The summed E-state index contributed by atoms with van der Waals surface area (Å²) in [5, 5.41) is 3.84. The van der Waals surface area contributed by atoms with E-state index in [9.17, 15) is 4.79 Å². The molecule has 0 aliphatic rings. The van der Waals surface area contributed by atoms with Gasteiger partial charge in [0.25, 0.3) is 0 Å². The van der Waals surface area contributed by atoms with Gasteiger partial charge < -0.3 is 24.5 Å². The third-order valence-electron chi connectivity index (χ3n) is 4.01. The van der Waals surface area contributed by atoms with E-state index in [0.29, 0.717) is 17.2 Å². The van der Waals surface area contributed by atoms with Crippen molar-refractivity contribution in [2.45, 2.75) is 6.42 Å². The zero-order valence-corrected chi connectivity index (χ0v) is 14.4. The number of carbonyl (C=O) groups is 1. The second-order valence-corrected chi connectivity index (χ2v) is 5.52. The summed E-state index contributed by atoms with van der Waals surface area (Å²) in [4.78, 5) is 15.7. The lowest BCUT2D eigenvalue weighted by Crippen LogP contribution is -2.15. The molecule has 1 amide bonds. The van der Waals surface area contributed by atoms with Crippen molar-refractivity contribution in [3.8, 4) is 17.2 Å². The summed E-state index contributed by atoms with van der Waals surface area (Å²) in [5.41, 5.74) is 2.43. The first-order valence-electron chi connectivity index (χ1n) is 7.80. The highest BCUT2D eigenvalue weighted by Gasteiger charge is 2.13. The molecule has 0 radical (unpaired) electrons. The van der Waals surface area contributed by atoms with Crippen molar-refractivity contribution in [2.75, 3.05) is 26.6 Å².